The predicted octanol–water partition coefficient (Wildman–Crippen LogP) is 4.73. The van der Waals surface area contributed by atoms with Crippen LogP contribution in [0.2, 0.25) is 0 Å². The molecule has 7 nitrogen and oxygen atoms in total. The highest BCUT2D eigenvalue weighted by molar-refractivity contribution is 5.81. The fraction of sp³-hybridized carbons (Fsp3) is 0.250. The smallest absolute Gasteiger partial charge is 0.261 e. The highest BCUT2D eigenvalue weighted by Crippen LogP contribution is 2.50. The van der Waals surface area contributed by atoms with Crippen LogP contribution >= 0.6 is 0 Å². The number of aryl methyl sites for hydroxylation is 1. The van der Waals surface area contributed by atoms with E-state index in [0.29, 0.717) is 11.8 Å². The van der Waals surface area contributed by atoms with E-state index in [-0.39, 0.29) is 5.41 Å². The average Bonchev–Trinajstić information content (AvgIpc) is 3.17. The van der Waals surface area contributed by atoms with Gasteiger partial charge < -0.3 is 9.51 Å². The minimum Gasteiger partial charge on any atom is -0.346 e. The van der Waals surface area contributed by atoms with E-state index in [9.17, 15) is 0 Å². The second kappa shape index (κ2) is 6.63. The molecule has 0 saturated heterocycles. The van der Waals surface area contributed by atoms with Crippen LogP contribution in [-0.2, 0) is 12.5 Å². The van der Waals surface area contributed by atoms with Gasteiger partial charge in [-0.15, -0.1) is 0 Å². The Morgan fingerprint density at radius 2 is 1.90 bits per heavy atom. The lowest BCUT2D eigenvalue weighted by Crippen LogP contribution is -2.28. The molecule has 1 N–H and O–H groups in total. The van der Waals surface area contributed by atoms with Gasteiger partial charge in [0, 0.05) is 36.6 Å². The Labute approximate surface area is 179 Å². The van der Waals surface area contributed by atoms with Crippen LogP contribution in [0.1, 0.15) is 31.2 Å². The van der Waals surface area contributed by atoms with Gasteiger partial charge in [0.2, 0.25) is 0 Å². The number of hydrogen-bond acceptors (Lipinski definition) is 5. The van der Waals surface area contributed by atoms with Gasteiger partial charge in [-0.05, 0) is 48.9 Å². The molecule has 1 atom stereocenters. The van der Waals surface area contributed by atoms with Gasteiger partial charge >= 0.3 is 0 Å². The van der Waals surface area contributed by atoms with Crippen LogP contribution in [0, 0.1) is 5.92 Å². The number of hydrogen-bond donors (Lipinski definition) is 1. The first-order valence-electron chi connectivity index (χ1n) is 10.5. The molecule has 5 aromatic rings. The average molecular weight is 410 g/mol. The molecule has 31 heavy (non-hydrogen) atoms. The van der Waals surface area contributed by atoms with Gasteiger partial charge in [-0.25, -0.2) is 4.98 Å². The van der Waals surface area contributed by atoms with Crippen molar-refractivity contribution >= 4 is 11.0 Å². The molecule has 0 bridgehead atoms. The molecule has 7 heteroatoms. The number of fused-ring (bicyclic) bond motifs is 1. The molecular formula is C24H22N6O. The minimum absolute atomic E-state index is 0.286. The van der Waals surface area contributed by atoms with E-state index in [0.717, 1.165) is 33.5 Å². The third-order valence-electron chi connectivity index (χ3n) is 6.45. The molecule has 1 aliphatic rings. The summed E-state index contributed by atoms with van der Waals surface area (Å²) in [5.74, 6) is 1.75. The molecule has 6 rings (SSSR count). The fourth-order valence-corrected chi connectivity index (χ4v) is 4.40. The van der Waals surface area contributed by atoms with E-state index in [1.807, 2.05) is 31.7 Å². The third kappa shape index (κ3) is 2.96. The monoisotopic (exact) mass is 410 g/mol. The molecule has 1 aliphatic carbocycles. The van der Waals surface area contributed by atoms with Crippen molar-refractivity contribution in [2.45, 2.75) is 25.2 Å². The van der Waals surface area contributed by atoms with Gasteiger partial charge in [-0.1, -0.05) is 29.4 Å². The van der Waals surface area contributed by atoms with E-state index < -0.39 is 0 Å². The summed E-state index contributed by atoms with van der Waals surface area (Å²) in [6, 6.07) is 12.9. The number of nitrogens with zero attached hydrogens (tertiary/aromatic N) is 5. The van der Waals surface area contributed by atoms with Gasteiger partial charge in [0.15, 0.2) is 5.82 Å². The Balaban J connectivity index is 1.36. The number of H-pyrrole nitrogens is 1. The molecule has 0 amide bonds. The molecule has 4 aromatic heterocycles. The summed E-state index contributed by atoms with van der Waals surface area (Å²) in [5, 5.41) is 9.70. The maximum atomic E-state index is 5.61. The zero-order valence-corrected chi connectivity index (χ0v) is 17.4. The molecule has 1 fully saturated rings. The largest absolute Gasteiger partial charge is 0.346 e. The van der Waals surface area contributed by atoms with Crippen LogP contribution < -0.4 is 0 Å². The number of benzene rings is 1. The third-order valence-corrected chi connectivity index (χ3v) is 6.45. The molecule has 154 valence electrons. The van der Waals surface area contributed by atoms with Crippen molar-refractivity contribution in [2.24, 2.45) is 13.0 Å². The van der Waals surface area contributed by atoms with Crippen LogP contribution in [0.25, 0.3) is 33.6 Å². The van der Waals surface area contributed by atoms with E-state index in [1.165, 1.54) is 18.4 Å². The lowest BCUT2D eigenvalue weighted by atomic mass is 9.76. The van der Waals surface area contributed by atoms with Crippen molar-refractivity contribution in [3.63, 3.8) is 0 Å². The van der Waals surface area contributed by atoms with Crippen molar-refractivity contribution in [1.29, 1.82) is 0 Å². The van der Waals surface area contributed by atoms with E-state index in [4.69, 9.17) is 9.51 Å². The lowest BCUT2D eigenvalue weighted by Gasteiger charge is -2.27. The maximum Gasteiger partial charge on any atom is 0.261 e. The number of pyridine rings is 1. The Morgan fingerprint density at radius 1 is 1.06 bits per heavy atom. The second-order valence-electron chi connectivity index (χ2n) is 8.52. The van der Waals surface area contributed by atoms with Gasteiger partial charge in [0.05, 0.1) is 17.2 Å². The Bertz CT molecular complexity index is 1370. The van der Waals surface area contributed by atoms with Crippen molar-refractivity contribution in [1.82, 2.24) is 29.9 Å². The molecular weight excluding hydrogens is 388 g/mol. The van der Waals surface area contributed by atoms with Crippen LogP contribution in [0.3, 0.4) is 0 Å². The van der Waals surface area contributed by atoms with Crippen LogP contribution in [0.15, 0.2) is 65.7 Å². The normalized spacial score (nSPS) is 15.9. The van der Waals surface area contributed by atoms with Crippen LogP contribution in [-0.4, -0.2) is 29.9 Å². The molecule has 1 unspecified atom stereocenters. The van der Waals surface area contributed by atoms with Gasteiger partial charge in [0.25, 0.3) is 5.89 Å². The summed E-state index contributed by atoms with van der Waals surface area (Å²) in [4.78, 5) is 12.4. The highest BCUT2D eigenvalue weighted by Gasteiger charge is 2.47. The predicted molar refractivity (Wildman–Crippen MR) is 117 cm³/mol. The molecule has 1 aromatic carbocycles. The highest BCUT2D eigenvalue weighted by atomic mass is 16.5. The van der Waals surface area contributed by atoms with Gasteiger partial charge in [-0.3, -0.25) is 4.68 Å². The summed E-state index contributed by atoms with van der Waals surface area (Å²) in [6.45, 7) is 2.23. The van der Waals surface area contributed by atoms with Crippen molar-refractivity contribution < 1.29 is 4.52 Å². The summed E-state index contributed by atoms with van der Waals surface area (Å²) in [5.41, 5.74) is 4.90. The van der Waals surface area contributed by atoms with E-state index in [1.54, 1.807) is 10.9 Å². The topological polar surface area (TPSA) is 85.4 Å². The van der Waals surface area contributed by atoms with Gasteiger partial charge in [-0.2, -0.15) is 10.1 Å². The van der Waals surface area contributed by atoms with Crippen molar-refractivity contribution in [2.75, 3.05) is 0 Å². The summed E-state index contributed by atoms with van der Waals surface area (Å²) < 4.78 is 7.34. The number of aromatic nitrogens is 6. The standard InChI is InChI=1S/C24H22N6O/c1-24(20-7-8-20,23-28-22(31-29-23)18-13-27-30(2)14-18)19-5-3-15(4-6-19)17-11-16-9-10-25-21(16)26-12-17/h3-6,9-14,20H,7-8H2,1-2H3,(H,25,26). The van der Waals surface area contributed by atoms with Crippen LogP contribution in [0.4, 0.5) is 0 Å². The van der Waals surface area contributed by atoms with Crippen molar-refractivity contribution in [3.8, 4) is 22.6 Å². The van der Waals surface area contributed by atoms with E-state index in [2.05, 4.69) is 57.5 Å². The quantitative estimate of drug-likeness (QED) is 0.453. The summed E-state index contributed by atoms with van der Waals surface area (Å²) in [6.07, 6.45) is 9.79. The molecule has 0 aliphatic heterocycles. The molecule has 0 radical (unpaired) electrons. The Morgan fingerprint density at radius 3 is 2.65 bits per heavy atom. The summed E-state index contributed by atoms with van der Waals surface area (Å²) in [7, 11) is 1.87. The number of nitrogens with one attached hydrogen (secondary N) is 1. The Hall–Kier alpha value is -3.74. The zero-order chi connectivity index (χ0) is 21.0. The Kier molecular flexibility index (Phi) is 3.86. The summed E-state index contributed by atoms with van der Waals surface area (Å²) >= 11 is 0. The first-order chi connectivity index (χ1) is 15.1. The maximum absolute atomic E-state index is 5.61. The molecule has 1 saturated carbocycles. The number of rotatable bonds is 5. The van der Waals surface area contributed by atoms with Crippen molar-refractivity contribution in [3.05, 3.63) is 72.6 Å². The first-order valence-corrected chi connectivity index (χ1v) is 10.5. The fourth-order valence-electron chi connectivity index (χ4n) is 4.40. The molecule has 4 heterocycles. The van der Waals surface area contributed by atoms with Crippen LogP contribution in [0.5, 0.6) is 0 Å². The first kappa shape index (κ1) is 18.1. The number of aromatic amines is 1. The zero-order valence-electron chi connectivity index (χ0n) is 17.4. The van der Waals surface area contributed by atoms with E-state index >= 15 is 0 Å². The van der Waals surface area contributed by atoms with Gasteiger partial charge in [0.1, 0.15) is 5.65 Å². The lowest BCUT2D eigenvalue weighted by molar-refractivity contribution is 0.386. The molecule has 0 spiro atoms. The second-order valence-corrected chi connectivity index (χ2v) is 8.52. The SMILES string of the molecule is Cn1cc(-c2nc(C(C)(c3ccc(-c4cnc5[nH]ccc5c4)cc3)C3CC3)no2)cn1. The minimum atomic E-state index is -0.286.